The number of methoxy groups -OCH3 is 3. The highest BCUT2D eigenvalue weighted by atomic mass is 16.5. The van der Waals surface area contributed by atoms with Gasteiger partial charge in [-0.05, 0) is 36.8 Å². The van der Waals surface area contributed by atoms with Gasteiger partial charge in [-0.2, -0.15) is 0 Å². The number of nitrogens with one attached hydrogen (secondary N) is 3. The van der Waals surface area contributed by atoms with E-state index in [1.54, 1.807) is 57.5 Å². The average molecular weight is 397 g/mol. The lowest BCUT2D eigenvalue weighted by Crippen LogP contribution is -2.46. The van der Waals surface area contributed by atoms with Gasteiger partial charge in [-0.1, -0.05) is 12.1 Å². The quantitative estimate of drug-likeness (QED) is 0.696. The lowest BCUT2D eigenvalue weighted by molar-refractivity contribution is -0.113. The maximum absolute atomic E-state index is 13.2. The summed E-state index contributed by atoms with van der Waals surface area (Å²) >= 11 is 0. The van der Waals surface area contributed by atoms with Crippen LogP contribution < -0.4 is 30.2 Å². The summed E-state index contributed by atoms with van der Waals surface area (Å²) in [6.45, 7) is 1.69. The summed E-state index contributed by atoms with van der Waals surface area (Å²) < 4.78 is 15.8. The minimum absolute atomic E-state index is 0.369. The van der Waals surface area contributed by atoms with E-state index in [4.69, 9.17) is 14.2 Å². The zero-order valence-corrected chi connectivity index (χ0v) is 16.7. The molecule has 0 radical (unpaired) electrons. The van der Waals surface area contributed by atoms with E-state index in [1.807, 2.05) is 6.07 Å². The first-order valence-corrected chi connectivity index (χ1v) is 8.92. The summed E-state index contributed by atoms with van der Waals surface area (Å²) in [4.78, 5) is 25.2. The first-order valence-electron chi connectivity index (χ1n) is 8.92. The molecule has 2 aromatic rings. The summed E-state index contributed by atoms with van der Waals surface area (Å²) in [7, 11) is 4.62. The number of hydrogen-bond donors (Lipinski definition) is 3. The van der Waals surface area contributed by atoms with Crippen molar-refractivity contribution in [3.63, 3.8) is 0 Å². The van der Waals surface area contributed by atoms with Gasteiger partial charge >= 0.3 is 6.03 Å². The number of amides is 3. The molecule has 0 aromatic heterocycles. The molecule has 29 heavy (non-hydrogen) atoms. The number of hydrogen-bond acceptors (Lipinski definition) is 5. The molecule has 0 bridgehead atoms. The molecule has 1 atom stereocenters. The second-order valence-electron chi connectivity index (χ2n) is 6.37. The minimum Gasteiger partial charge on any atom is -0.497 e. The maximum atomic E-state index is 13.2. The van der Waals surface area contributed by atoms with Gasteiger partial charge < -0.3 is 30.2 Å². The maximum Gasteiger partial charge on any atom is 0.319 e. The lowest BCUT2D eigenvalue weighted by Gasteiger charge is -2.29. The predicted octanol–water partition coefficient (Wildman–Crippen LogP) is 2.98. The van der Waals surface area contributed by atoms with Crippen molar-refractivity contribution >= 4 is 17.6 Å². The van der Waals surface area contributed by atoms with E-state index in [2.05, 4.69) is 16.0 Å². The van der Waals surface area contributed by atoms with E-state index in [1.165, 1.54) is 7.11 Å². The van der Waals surface area contributed by atoms with E-state index in [9.17, 15) is 9.59 Å². The van der Waals surface area contributed by atoms with Crippen LogP contribution in [0.25, 0.3) is 0 Å². The number of benzene rings is 2. The SMILES string of the molecule is COc1cccc(C2NC(=O)NC(C)=C2C(=O)Nc2ccc(OC)cc2OC)c1. The first-order chi connectivity index (χ1) is 14.0. The molecule has 0 saturated heterocycles. The predicted molar refractivity (Wildman–Crippen MR) is 108 cm³/mol. The Morgan fingerprint density at radius 3 is 2.41 bits per heavy atom. The normalized spacial score (nSPS) is 15.9. The summed E-state index contributed by atoms with van der Waals surface area (Å²) in [5.41, 5.74) is 2.06. The number of allylic oxidation sites excluding steroid dienone is 1. The van der Waals surface area contributed by atoms with Crippen molar-refractivity contribution in [1.29, 1.82) is 0 Å². The van der Waals surface area contributed by atoms with Gasteiger partial charge in [0.2, 0.25) is 0 Å². The fourth-order valence-corrected chi connectivity index (χ4v) is 3.16. The van der Waals surface area contributed by atoms with Crippen molar-refractivity contribution in [2.45, 2.75) is 13.0 Å². The third-order valence-electron chi connectivity index (χ3n) is 4.60. The lowest BCUT2D eigenvalue weighted by atomic mass is 9.94. The van der Waals surface area contributed by atoms with E-state index < -0.39 is 6.04 Å². The average Bonchev–Trinajstić information content (AvgIpc) is 2.73. The van der Waals surface area contributed by atoms with Crippen LogP contribution in [-0.2, 0) is 4.79 Å². The van der Waals surface area contributed by atoms with Gasteiger partial charge in [-0.15, -0.1) is 0 Å². The molecule has 8 nitrogen and oxygen atoms in total. The Labute approximate surface area is 168 Å². The van der Waals surface area contributed by atoms with Crippen molar-refractivity contribution in [2.75, 3.05) is 26.6 Å². The van der Waals surface area contributed by atoms with Crippen LogP contribution in [0, 0.1) is 0 Å². The summed E-state index contributed by atoms with van der Waals surface area (Å²) in [5, 5.41) is 8.32. The Hall–Kier alpha value is -3.68. The van der Waals surface area contributed by atoms with Gasteiger partial charge in [-0.25, -0.2) is 4.79 Å². The molecule has 1 aliphatic rings. The van der Waals surface area contributed by atoms with Crippen molar-refractivity contribution in [1.82, 2.24) is 10.6 Å². The number of anilines is 1. The molecule has 3 N–H and O–H groups in total. The van der Waals surface area contributed by atoms with E-state index in [0.717, 1.165) is 5.56 Å². The largest absolute Gasteiger partial charge is 0.497 e. The smallest absolute Gasteiger partial charge is 0.319 e. The molecule has 1 aliphatic heterocycles. The highest BCUT2D eigenvalue weighted by Gasteiger charge is 2.31. The number of rotatable bonds is 6. The molecule has 0 saturated carbocycles. The number of urea groups is 1. The fraction of sp³-hybridized carbons (Fsp3) is 0.238. The van der Waals surface area contributed by atoms with Crippen molar-refractivity contribution < 1.29 is 23.8 Å². The third-order valence-corrected chi connectivity index (χ3v) is 4.60. The second kappa shape index (κ2) is 8.55. The molecule has 152 valence electrons. The molecule has 3 amide bonds. The number of carbonyl (C=O) groups is 2. The highest BCUT2D eigenvalue weighted by molar-refractivity contribution is 6.07. The summed E-state index contributed by atoms with van der Waals surface area (Å²) in [5.74, 6) is 1.33. The van der Waals surface area contributed by atoms with Crippen LogP contribution in [0.4, 0.5) is 10.5 Å². The molecule has 0 spiro atoms. The molecule has 2 aromatic carbocycles. The number of ether oxygens (including phenoxy) is 3. The topological polar surface area (TPSA) is 97.9 Å². The first kappa shape index (κ1) is 20.1. The van der Waals surface area contributed by atoms with Gasteiger partial charge in [-0.3, -0.25) is 4.79 Å². The molecule has 0 fully saturated rings. The molecule has 8 heteroatoms. The van der Waals surface area contributed by atoms with Crippen LogP contribution in [0.1, 0.15) is 18.5 Å². The monoisotopic (exact) mass is 397 g/mol. The van der Waals surface area contributed by atoms with Crippen LogP contribution in [0.5, 0.6) is 17.2 Å². The fourth-order valence-electron chi connectivity index (χ4n) is 3.16. The van der Waals surface area contributed by atoms with Crippen LogP contribution in [0.2, 0.25) is 0 Å². The summed E-state index contributed by atoms with van der Waals surface area (Å²) in [6, 6.07) is 11.3. The molecule has 3 rings (SSSR count). The molecule has 1 unspecified atom stereocenters. The van der Waals surface area contributed by atoms with E-state index in [0.29, 0.717) is 34.2 Å². The van der Waals surface area contributed by atoms with Gasteiger partial charge in [0.25, 0.3) is 5.91 Å². The Morgan fingerprint density at radius 1 is 1.00 bits per heavy atom. The van der Waals surface area contributed by atoms with Crippen LogP contribution in [0.3, 0.4) is 0 Å². The molecule has 0 aliphatic carbocycles. The second-order valence-corrected chi connectivity index (χ2v) is 6.37. The Morgan fingerprint density at radius 2 is 1.72 bits per heavy atom. The highest BCUT2D eigenvalue weighted by Crippen LogP contribution is 2.33. The molecule has 1 heterocycles. The standard InChI is InChI=1S/C21H23N3O5/c1-12-18(20(25)23-16-9-8-15(28-3)11-17(16)29-4)19(24-21(26)22-12)13-6-5-7-14(10-13)27-2/h5-11,19H,1-4H3,(H,23,25)(H2,22,24,26). The van der Waals surface area contributed by atoms with Crippen molar-refractivity contribution in [3.05, 3.63) is 59.3 Å². The zero-order chi connectivity index (χ0) is 21.0. The Bertz CT molecular complexity index is 971. The van der Waals surface area contributed by atoms with Crippen molar-refractivity contribution in [3.8, 4) is 17.2 Å². The van der Waals surface area contributed by atoms with E-state index >= 15 is 0 Å². The van der Waals surface area contributed by atoms with Gasteiger partial charge in [0.1, 0.15) is 17.2 Å². The Balaban J connectivity index is 1.96. The van der Waals surface area contributed by atoms with Gasteiger partial charge in [0, 0.05) is 11.8 Å². The van der Waals surface area contributed by atoms with Crippen molar-refractivity contribution in [2.24, 2.45) is 0 Å². The summed E-state index contributed by atoms with van der Waals surface area (Å²) in [6.07, 6.45) is 0. The zero-order valence-electron chi connectivity index (χ0n) is 16.7. The van der Waals surface area contributed by atoms with Gasteiger partial charge in [0.15, 0.2) is 0 Å². The third kappa shape index (κ3) is 4.26. The number of carbonyl (C=O) groups excluding carboxylic acids is 2. The minimum atomic E-state index is -0.636. The van der Waals surface area contributed by atoms with Crippen LogP contribution >= 0.6 is 0 Å². The Kier molecular flexibility index (Phi) is 5.92. The molecular weight excluding hydrogens is 374 g/mol. The van der Waals surface area contributed by atoms with E-state index in [-0.39, 0.29) is 11.9 Å². The van der Waals surface area contributed by atoms with Gasteiger partial charge in [0.05, 0.1) is 38.6 Å². The van der Waals surface area contributed by atoms with Crippen LogP contribution in [0.15, 0.2) is 53.7 Å². The molecular formula is C21H23N3O5. The van der Waals surface area contributed by atoms with Crippen LogP contribution in [-0.4, -0.2) is 33.3 Å².